The Kier molecular flexibility index (Phi) is 11.9. The predicted molar refractivity (Wildman–Crippen MR) is 174 cm³/mol. The van der Waals surface area contributed by atoms with E-state index < -0.39 is 0 Å². The molecule has 41 heavy (non-hydrogen) atoms. The quantitative estimate of drug-likeness (QED) is 0.283. The van der Waals surface area contributed by atoms with E-state index in [1.165, 1.54) is 35.9 Å². The van der Waals surface area contributed by atoms with Crippen LogP contribution in [-0.4, -0.2) is 44.6 Å². The maximum atomic E-state index is 13.1. The van der Waals surface area contributed by atoms with Crippen molar-refractivity contribution >= 4 is 35.1 Å². The van der Waals surface area contributed by atoms with Crippen molar-refractivity contribution in [2.24, 2.45) is 17.8 Å². The first kappa shape index (κ1) is 31.8. The summed E-state index contributed by atoms with van der Waals surface area (Å²) >= 11 is 7.89. The van der Waals surface area contributed by atoms with Crippen molar-refractivity contribution in [3.8, 4) is 5.75 Å². The Hall–Kier alpha value is -2.15. The third-order valence-electron chi connectivity index (χ3n) is 8.53. The highest BCUT2D eigenvalue weighted by atomic mass is 35.5. The molecule has 5 rings (SSSR count). The standard InChI is InChI=1S/C32H41ClN2O3S.C2H6/c1-4-6-22-15-26(33)11-13-27(22)25-18-35-17-24-9-12-28(24)30(37-3)8-5-7-21(2)20-39-34-32(36)23-10-14-31(38-19-25)29(35)16-23;1-2/h5,8,10-11,13-16,21,24-25,28,30H,4,6-7,9,12,17-20H2,1-3H3,(H,34,36);1-2H3/b8-5+;. The fraction of sp³-hybridized carbons (Fsp3) is 0.559. The summed E-state index contributed by atoms with van der Waals surface area (Å²) in [4.78, 5) is 15.6. The number of rotatable bonds is 4. The van der Waals surface area contributed by atoms with Crippen LogP contribution < -0.4 is 14.4 Å². The topological polar surface area (TPSA) is 50.8 Å². The zero-order valence-electron chi connectivity index (χ0n) is 25.3. The molecule has 0 aromatic heterocycles. The molecular formula is C34H47ClN2O3S. The Bertz CT molecular complexity index is 1190. The van der Waals surface area contributed by atoms with Gasteiger partial charge in [0.1, 0.15) is 5.75 Å². The number of benzene rings is 2. The van der Waals surface area contributed by atoms with E-state index in [4.69, 9.17) is 21.1 Å². The lowest BCUT2D eigenvalue weighted by Gasteiger charge is -2.43. The Morgan fingerprint density at radius 3 is 2.71 bits per heavy atom. The number of fused-ring (bicyclic) bond motifs is 2. The van der Waals surface area contributed by atoms with Gasteiger partial charge in [-0.05, 0) is 96.8 Å². The second-order valence-corrected chi connectivity index (χ2v) is 12.7. The second kappa shape index (κ2) is 15.4. The largest absolute Gasteiger partial charge is 0.491 e. The zero-order valence-corrected chi connectivity index (χ0v) is 26.9. The zero-order chi connectivity index (χ0) is 29.4. The number of hydrogen-bond donors (Lipinski definition) is 1. The minimum atomic E-state index is -0.0534. The van der Waals surface area contributed by atoms with Crippen LogP contribution in [0.25, 0.3) is 0 Å². The SMILES string of the molecule is CC.CCCc1cc(Cl)ccc1C1COc2ccc3cc2N(C1)CC1CCC1C(OC)/C=C/CC(C)CSNC3=O. The van der Waals surface area contributed by atoms with Gasteiger partial charge in [0.15, 0.2) is 0 Å². The molecular weight excluding hydrogens is 552 g/mol. The molecule has 1 saturated carbocycles. The molecule has 2 bridgehead atoms. The van der Waals surface area contributed by atoms with E-state index in [9.17, 15) is 4.79 Å². The molecule has 5 unspecified atom stereocenters. The molecule has 2 heterocycles. The number of anilines is 1. The maximum absolute atomic E-state index is 13.1. The molecule has 1 N–H and O–H groups in total. The highest BCUT2D eigenvalue weighted by molar-refractivity contribution is 7.97. The van der Waals surface area contributed by atoms with Crippen LogP contribution in [0.2, 0.25) is 5.02 Å². The smallest absolute Gasteiger partial charge is 0.261 e. The number of hydrogen-bond acceptors (Lipinski definition) is 5. The van der Waals surface area contributed by atoms with Gasteiger partial charge in [0.05, 0.1) is 18.4 Å². The van der Waals surface area contributed by atoms with E-state index in [-0.39, 0.29) is 17.9 Å². The van der Waals surface area contributed by atoms with Gasteiger partial charge in [-0.2, -0.15) is 0 Å². The molecule has 1 aliphatic carbocycles. The van der Waals surface area contributed by atoms with Gasteiger partial charge >= 0.3 is 0 Å². The lowest BCUT2D eigenvalue weighted by molar-refractivity contribution is 0.0134. The Labute approximate surface area is 256 Å². The van der Waals surface area contributed by atoms with Gasteiger partial charge in [-0.25, -0.2) is 0 Å². The number of carbonyl (C=O) groups excluding carboxylic acids is 1. The van der Waals surface area contributed by atoms with Crippen molar-refractivity contribution in [2.75, 3.05) is 37.5 Å². The van der Waals surface area contributed by atoms with Crippen LogP contribution in [0.5, 0.6) is 5.75 Å². The van der Waals surface area contributed by atoms with E-state index in [1.807, 2.05) is 45.2 Å². The number of carbonyl (C=O) groups is 1. The molecule has 0 radical (unpaired) electrons. The van der Waals surface area contributed by atoms with Crippen LogP contribution in [0.4, 0.5) is 5.69 Å². The van der Waals surface area contributed by atoms with Crippen LogP contribution in [0.15, 0.2) is 48.6 Å². The van der Waals surface area contributed by atoms with Gasteiger partial charge in [0.25, 0.3) is 5.91 Å². The van der Waals surface area contributed by atoms with E-state index in [0.29, 0.717) is 29.9 Å². The van der Waals surface area contributed by atoms with E-state index in [1.54, 1.807) is 0 Å². The van der Waals surface area contributed by atoms with Crippen LogP contribution in [-0.2, 0) is 11.2 Å². The van der Waals surface area contributed by atoms with Crippen LogP contribution >= 0.6 is 23.5 Å². The van der Waals surface area contributed by atoms with Crippen molar-refractivity contribution in [3.63, 3.8) is 0 Å². The average Bonchev–Trinajstić information content (AvgIpc) is 3.14. The molecule has 2 aromatic rings. The number of amides is 1. The second-order valence-electron chi connectivity index (χ2n) is 11.4. The molecule has 1 fully saturated rings. The average molecular weight is 599 g/mol. The Morgan fingerprint density at radius 1 is 1.15 bits per heavy atom. The van der Waals surface area contributed by atoms with Gasteiger partial charge in [-0.1, -0.05) is 63.9 Å². The van der Waals surface area contributed by atoms with Crippen molar-refractivity contribution < 1.29 is 14.3 Å². The summed E-state index contributed by atoms with van der Waals surface area (Å²) in [7, 11) is 1.84. The molecule has 5 atom stereocenters. The number of methoxy groups -OCH3 is 1. The predicted octanol–water partition coefficient (Wildman–Crippen LogP) is 8.32. The lowest BCUT2D eigenvalue weighted by Crippen LogP contribution is -2.44. The molecule has 2 aromatic carbocycles. The van der Waals surface area contributed by atoms with Crippen LogP contribution in [0, 0.1) is 17.8 Å². The first-order valence-electron chi connectivity index (χ1n) is 15.4. The van der Waals surface area contributed by atoms with E-state index in [0.717, 1.165) is 54.6 Å². The van der Waals surface area contributed by atoms with Gasteiger partial charge in [0.2, 0.25) is 0 Å². The minimum absolute atomic E-state index is 0.0534. The van der Waals surface area contributed by atoms with E-state index in [2.05, 4.69) is 47.8 Å². The molecule has 224 valence electrons. The fourth-order valence-electron chi connectivity index (χ4n) is 6.21. The van der Waals surface area contributed by atoms with Gasteiger partial charge < -0.3 is 14.4 Å². The summed E-state index contributed by atoms with van der Waals surface area (Å²) < 4.78 is 15.5. The third-order valence-corrected chi connectivity index (χ3v) is 9.83. The van der Waals surface area contributed by atoms with Gasteiger partial charge in [-0.3, -0.25) is 9.52 Å². The van der Waals surface area contributed by atoms with E-state index >= 15 is 0 Å². The monoisotopic (exact) mass is 598 g/mol. The number of ether oxygens (including phenoxy) is 2. The van der Waals surface area contributed by atoms with Crippen molar-refractivity contribution in [1.82, 2.24) is 4.72 Å². The summed E-state index contributed by atoms with van der Waals surface area (Å²) in [5.41, 5.74) is 4.30. The Morgan fingerprint density at radius 2 is 1.98 bits per heavy atom. The first-order valence-corrected chi connectivity index (χ1v) is 16.7. The number of aryl methyl sites for hydroxylation is 1. The summed E-state index contributed by atoms with van der Waals surface area (Å²) in [6.07, 6.45) is 10.1. The normalized spacial score (nSPS) is 27.1. The first-order chi connectivity index (χ1) is 20.0. The molecule has 3 aliphatic rings. The Balaban J connectivity index is 0.00000189. The minimum Gasteiger partial charge on any atom is -0.491 e. The van der Waals surface area contributed by atoms with Crippen molar-refractivity contribution in [2.45, 2.75) is 71.8 Å². The molecule has 7 heteroatoms. The molecule has 0 saturated heterocycles. The van der Waals surface area contributed by atoms with Gasteiger partial charge in [0, 0.05) is 42.5 Å². The summed E-state index contributed by atoms with van der Waals surface area (Å²) in [5.74, 6) is 3.34. The van der Waals surface area contributed by atoms with Gasteiger partial charge in [-0.15, -0.1) is 0 Å². The molecule has 5 nitrogen and oxygen atoms in total. The number of nitrogens with zero attached hydrogens (tertiary/aromatic N) is 1. The van der Waals surface area contributed by atoms with Crippen LogP contribution in [0.3, 0.4) is 0 Å². The van der Waals surface area contributed by atoms with Crippen molar-refractivity contribution in [1.29, 1.82) is 0 Å². The number of allylic oxidation sites excluding steroid dienone is 1. The van der Waals surface area contributed by atoms with Crippen LogP contribution in [0.1, 0.15) is 80.8 Å². The van der Waals surface area contributed by atoms with Crippen molar-refractivity contribution in [3.05, 3.63) is 70.3 Å². The fourth-order valence-corrected chi connectivity index (χ4v) is 7.16. The lowest BCUT2D eigenvalue weighted by atomic mass is 9.70. The summed E-state index contributed by atoms with van der Waals surface area (Å²) in [6, 6.07) is 12.2. The third kappa shape index (κ3) is 7.82. The number of halogens is 1. The highest BCUT2D eigenvalue weighted by Gasteiger charge is 2.38. The summed E-state index contributed by atoms with van der Waals surface area (Å²) in [6.45, 7) is 10.8. The molecule has 1 amide bonds. The maximum Gasteiger partial charge on any atom is 0.261 e. The molecule has 2 aliphatic heterocycles. The molecule has 0 spiro atoms. The number of nitrogens with one attached hydrogen (secondary N) is 1. The summed E-state index contributed by atoms with van der Waals surface area (Å²) in [5, 5.41) is 0.781. The highest BCUT2D eigenvalue weighted by Crippen LogP contribution is 2.43.